The smallest absolute Gasteiger partial charge is 0.148 e. The third-order valence-corrected chi connectivity index (χ3v) is 2.02. The Kier molecular flexibility index (Phi) is 2.15. The summed E-state index contributed by atoms with van der Waals surface area (Å²) in [6.07, 6.45) is 0. The topological polar surface area (TPSA) is 56.7 Å². The Morgan fingerprint density at radius 2 is 2.00 bits per heavy atom. The standard InChI is InChI=1S/C10H11FN4/c1-6-13-7(2)15(14-6)10-4-8(11)3-9(12)5-10/h3-5H,12H2,1-2H3. The minimum Gasteiger partial charge on any atom is -0.399 e. The molecule has 0 aliphatic carbocycles. The molecule has 0 radical (unpaired) electrons. The highest BCUT2D eigenvalue weighted by Gasteiger charge is 2.06. The van der Waals surface area contributed by atoms with E-state index < -0.39 is 0 Å². The van der Waals surface area contributed by atoms with Gasteiger partial charge in [-0.05, 0) is 32.0 Å². The second-order valence-corrected chi connectivity index (χ2v) is 3.36. The molecule has 0 bridgehead atoms. The van der Waals surface area contributed by atoms with Crippen LogP contribution in [0.3, 0.4) is 0 Å². The maximum Gasteiger partial charge on any atom is 0.148 e. The van der Waals surface area contributed by atoms with E-state index in [2.05, 4.69) is 10.1 Å². The van der Waals surface area contributed by atoms with Gasteiger partial charge in [-0.1, -0.05) is 0 Å². The van der Waals surface area contributed by atoms with E-state index in [-0.39, 0.29) is 5.82 Å². The van der Waals surface area contributed by atoms with Gasteiger partial charge in [-0.2, -0.15) is 5.10 Å². The Morgan fingerprint density at radius 1 is 1.27 bits per heavy atom. The number of aromatic nitrogens is 3. The van der Waals surface area contributed by atoms with Gasteiger partial charge >= 0.3 is 0 Å². The number of nitrogen functional groups attached to an aromatic ring is 1. The summed E-state index contributed by atoms with van der Waals surface area (Å²) in [6.45, 7) is 3.59. The van der Waals surface area contributed by atoms with Crippen molar-refractivity contribution in [2.24, 2.45) is 0 Å². The predicted octanol–water partition coefficient (Wildman–Crippen LogP) is 1.61. The molecule has 5 heteroatoms. The van der Waals surface area contributed by atoms with Gasteiger partial charge in [0.25, 0.3) is 0 Å². The Bertz CT molecular complexity index is 484. The fourth-order valence-corrected chi connectivity index (χ4v) is 1.48. The molecule has 15 heavy (non-hydrogen) atoms. The van der Waals surface area contributed by atoms with Crippen LogP contribution in [0.2, 0.25) is 0 Å². The Hall–Kier alpha value is -1.91. The minimum absolute atomic E-state index is 0.373. The second-order valence-electron chi connectivity index (χ2n) is 3.36. The maximum absolute atomic E-state index is 13.1. The van der Waals surface area contributed by atoms with E-state index in [0.29, 0.717) is 23.0 Å². The molecule has 1 aromatic carbocycles. The molecule has 0 unspecified atom stereocenters. The summed E-state index contributed by atoms with van der Waals surface area (Å²) in [5.74, 6) is 0.977. The zero-order valence-electron chi connectivity index (χ0n) is 8.53. The van der Waals surface area contributed by atoms with E-state index in [1.165, 1.54) is 12.1 Å². The number of halogens is 1. The van der Waals surface area contributed by atoms with Crippen molar-refractivity contribution in [1.82, 2.24) is 14.8 Å². The number of rotatable bonds is 1. The molecule has 2 rings (SSSR count). The summed E-state index contributed by atoms with van der Waals surface area (Å²) in [5.41, 5.74) is 6.51. The van der Waals surface area contributed by atoms with E-state index in [1.807, 2.05) is 0 Å². The quantitative estimate of drug-likeness (QED) is 0.721. The number of hydrogen-bond acceptors (Lipinski definition) is 3. The van der Waals surface area contributed by atoms with E-state index in [9.17, 15) is 4.39 Å². The van der Waals surface area contributed by atoms with Crippen LogP contribution in [0.15, 0.2) is 18.2 Å². The Balaban J connectivity index is 2.58. The van der Waals surface area contributed by atoms with Crippen LogP contribution >= 0.6 is 0 Å². The van der Waals surface area contributed by atoms with Gasteiger partial charge in [0.1, 0.15) is 17.5 Å². The lowest BCUT2D eigenvalue weighted by molar-refractivity contribution is 0.625. The lowest BCUT2D eigenvalue weighted by Gasteiger charge is -2.04. The summed E-state index contributed by atoms with van der Waals surface area (Å²) in [4.78, 5) is 4.14. The second kappa shape index (κ2) is 3.34. The van der Waals surface area contributed by atoms with Gasteiger partial charge in [0.05, 0.1) is 5.69 Å². The molecule has 0 saturated carbocycles. The Morgan fingerprint density at radius 3 is 2.53 bits per heavy atom. The summed E-state index contributed by atoms with van der Waals surface area (Å²) in [7, 11) is 0. The number of hydrogen-bond donors (Lipinski definition) is 1. The third-order valence-electron chi connectivity index (χ3n) is 2.02. The molecule has 1 aromatic heterocycles. The van der Waals surface area contributed by atoms with Crippen LogP contribution in [0, 0.1) is 19.7 Å². The van der Waals surface area contributed by atoms with Crippen molar-refractivity contribution >= 4 is 5.69 Å². The number of anilines is 1. The van der Waals surface area contributed by atoms with E-state index in [0.717, 1.165) is 0 Å². The average molecular weight is 206 g/mol. The fraction of sp³-hybridized carbons (Fsp3) is 0.200. The van der Waals surface area contributed by atoms with E-state index in [4.69, 9.17) is 5.73 Å². The molecule has 0 aliphatic rings. The first-order valence-electron chi connectivity index (χ1n) is 4.53. The summed E-state index contributed by atoms with van der Waals surface area (Å²) in [6, 6.07) is 4.30. The lowest BCUT2D eigenvalue weighted by Crippen LogP contribution is -2.01. The van der Waals surface area contributed by atoms with E-state index in [1.54, 1.807) is 24.6 Å². The molecule has 0 atom stereocenters. The largest absolute Gasteiger partial charge is 0.399 e. The van der Waals surface area contributed by atoms with Gasteiger partial charge in [-0.25, -0.2) is 14.1 Å². The number of nitrogens with two attached hydrogens (primary N) is 1. The molecule has 0 aliphatic heterocycles. The monoisotopic (exact) mass is 206 g/mol. The van der Waals surface area contributed by atoms with Crippen LogP contribution in [-0.2, 0) is 0 Å². The van der Waals surface area contributed by atoms with Crippen LogP contribution in [0.4, 0.5) is 10.1 Å². The van der Waals surface area contributed by atoms with E-state index >= 15 is 0 Å². The van der Waals surface area contributed by atoms with Crippen molar-refractivity contribution in [3.63, 3.8) is 0 Å². The van der Waals surface area contributed by atoms with Gasteiger partial charge < -0.3 is 5.73 Å². The summed E-state index contributed by atoms with van der Waals surface area (Å²) in [5, 5.41) is 4.15. The van der Waals surface area contributed by atoms with Gasteiger partial charge in [0.15, 0.2) is 0 Å². The highest BCUT2D eigenvalue weighted by atomic mass is 19.1. The van der Waals surface area contributed by atoms with Crippen molar-refractivity contribution in [1.29, 1.82) is 0 Å². The van der Waals surface area contributed by atoms with Crippen LogP contribution in [0.1, 0.15) is 11.6 Å². The summed E-state index contributed by atoms with van der Waals surface area (Å²) >= 11 is 0. The zero-order chi connectivity index (χ0) is 11.0. The molecule has 78 valence electrons. The highest BCUT2D eigenvalue weighted by molar-refractivity contribution is 5.48. The molecule has 2 aromatic rings. The number of benzene rings is 1. The maximum atomic E-state index is 13.1. The highest BCUT2D eigenvalue weighted by Crippen LogP contribution is 2.15. The predicted molar refractivity (Wildman–Crippen MR) is 55.2 cm³/mol. The molecule has 0 saturated heterocycles. The molecule has 0 spiro atoms. The van der Waals surface area contributed by atoms with Crippen molar-refractivity contribution in [3.05, 3.63) is 35.7 Å². The SMILES string of the molecule is Cc1nc(C)n(-c2cc(N)cc(F)c2)n1. The van der Waals surface area contributed by atoms with Gasteiger partial charge in [0.2, 0.25) is 0 Å². The first kappa shape index (κ1) is 9.64. The van der Waals surface area contributed by atoms with Crippen molar-refractivity contribution in [2.45, 2.75) is 13.8 Å². The van der Waals surface area contributed by atoms with Crippen LogP contribution in [0.25, 0.3) is 5.69 Å². The zero-order valence-corrected chi connectivity index (χ0v) is 8.53. The molecule has 0 fully saturated rings. The van der Waals surface area contributed by atoms with Crippen LogP contribution < -0.4 is 5.73 Å². The van der Waals surface area contributed by atoms with Crippen molar-refractivity contribution < 1.29 is 4.39 Å². The van der Waals surface area contributed by atoms with Crippen LogP contribution in [0.5, 0.6) is 0 Å². The molecular formula is C10H11FN4. The number of aryl methyl sites for hydroxylation is 2. The lowest BCUT2D eigenvalue weighted by atomic mass is 10.3. The normalized spacial score (nSPS) is 10.6. The first-order chi connectivity index (χ1) is 7.06. The molecule has 2 N–H and O–H groups in total. The number of nitrogens with zero attached hydrogens (tertiary/aromatic N) is 3. The van der Waals surface area contributed by atoms with Crippen molar-refractivity contribution in [2.75, 3.05) is 5.73 Å². The first-order valence-corrected chi connectivity index (χ1v) is 4.53. The van der Waals surface area contributed by atoms with Gasteiger partial charge in [-0.3, -0.25) is 0 Å². The molecular weight excluding hydrogens is 195 g/mol. The fourth-order valence-electron chi connectivity index (χ4n) is 1.48. The summed E-state index contributed by atoms with van der Waals surface area (Å²) < 4.78 is 14.7. The third kappa shape index (κ3) is 1.81. The molecule has 0 amide bonds. The van der Waals surface area contributed by atoms with Crippen molar-refractivity contribution in [3.8, 4) is 5.69 Å². The Labute approximate surface area is 86.6 Å². The van der Waals surface area contributed by atoms with Gasteiger partial charge in [0, 0.05) is 5.69 Å². The molecule has 1 heterocycles. The molecule has 4 nitrogen and oxygen atoms in total. The van der Waals surface area contributed by atoms with Gasteiger partial charge in [-0.15, -0.1) is 0 Å². The van der Waals surface area contributed by atoms with Crippen LogP contribution in [-0.4, -0.2) is 14.8 Å². The average Bonchev–Trinajstić information content (AvgIpc) is 2.43. The minimum atomic E-state index is -0.377.